The summed E-state index contributed by atoms with van der Waals surface area (Å²) in [4.78, 5) is 24.3. The highest BCUT2D eigenvalue weighted by atomic mass is 19.4. The quantitative estimate of drug-likeness (QED) is 0.114. The second-order valence-electron chi connectivity index (χ2n) is 9.50. The fourth-order valence-electron chi connectivity index (χ4n) is 4.06. The molecule has 0 spiro atoms. The zero-order valence-corrected chi connectivity index (χ0v) is 21.9. The third-order valence-corrected chi connectivity index (χ3v) is 6.23. The van der Waals surface area contributed by atoms with E-state index in [1.54, 1.807) is 0 Å². The van der Waals surface area contributed by atoms with Crippen molar-refractivity contribution in [2.24, 2.45) is 0 Å². The highest BCUT2D eigenvalue weighted by Crippen LogP contribution is 2.32. The number of alkyl halides is 3. The molecule has 1 amide bonds. The summed E-state index contributed by atoms with van der Waals surface area (Å²) in [5.74, 6) is -2.89. The van der Waals surface area contributed by atoms with E-state index in [1.165, 1.54) is 77.6 Å². The molecule has 0 saturated heterocycles. The second-order valence-corrected chi connectivity index (χ2v) is 9.50. The lowest BCUT2D eigenvalue weighted by Gasteiger charge is -2.16. The van der Waals surface area contributed by atoms with Gasteiger partial charge in [0.25, 0.3) is 5.91 Å². The molecule has 1 N–H and O–H groups in total. The number of amides is 1. The van der Waals surface area contributed by atoms with Crippen LogP contribution in [0.1, 0.15) is 126 Å². The van der Waals surface area contributed by atoms with E-state index in [0.29, 0.717) is 24.6 Å². The first-order valence-electron chi connectivity index (χ1n) is 13.5. The molecule has 1 rings (SSSR count). The highest BCUT2D eigenvalue weighted by Gasteiger charge is 2.36. The predicted octanol–water partition coefficient (Wildman–Crippen LogP) is 8.38. The molecule has 0 aliphatic heterocycles. The van der Waals surface area contributed by atoms with Crippen molar-refractivity contribution in [2.45, 2.75) is 122 Å². The van der Waals surface area contributed by atoms with Crippen molar-refractivity contribution in [1.29, 1.82) is 0 Å². The fraction of sp³-hybridized carbons (Fsp3) is 0.714. The Kier molecular flexibility index (Phi) is 16.1. The van der Waals surface area contributed by atoms with E-state index in [9.17, 15) is 27.2 Å². The minimum Gasteiger partial charge on any atom is -0.464 e. The van der Waals surface area contributed by atoms with Gasteiger partial charge in [0.15, 0.2) is 0 Å². The van der Waals surface area contributed by atoms with Crippen LogP contribution in [-0.2, 0) is 15.7 Å². The summed E-state index contributed by atoms with van der Waals surface area (Å²) in [7, 11) is 0. The largest absolute Gasteiger partial charge is 0.464 e. The van der Waals surface area contributed by atoms with Crippen LogP contribution in [0.25, 0.3) is 0 Å². The van der Waals surface area contributed by atoms with Crippen molar-refractivity contribution in [1.82, 2.24) is 5.32 Å². The van der Waals surface area contributed by atoms with Crippen LogP contribution >= 0.6 is 0 Å². The third kappa shape index (κ3) is 13.8. The number of unbranched alkanes of at least 4 members (excludes halogenated alkanes) is 14. The summed E-state index contributed by atoms with van der Waals surface area (Å²) in [6.45, 7) is 3.74. The van der Waals surface area contributed by atoms with Crippen molar-refractivity contribution in [3.05, 3.63) is 35.1 Å². The summed E-state index contributed by atoms with van der Waals surface area (Å²) < 4.78 is 57.8. The molecule has 4 nitrogen and oxygen atoms in total. The molecule has 0 aliphatic rings. The second kappa shape index (κ2) is 18.2. The van der Waals surface area contributed by atoms with Crippen LogP contribution in [0.3, 0.4) is 0 Å². The van der Waals surface area contributed by atoms with Crippen LogP contribution in [0.4, 0.5) is 17.6 Å². The number of benzene rings is 1. The Bertz CT molecular complexity index is 768. The van der Waals surface area contributed by atoms with Gasteiger partial charge in [-0.2, -0.15) is 13.2 Å². The molecule has 0 fully saturated rings. The van der Waals surface area contributed by atoms with Crippen LogP contribution in [0, 0.1) is 5.82 Å². The molecule has 0 radical (unpaired) electrons. The van der Waals surface area contributed by atoms with Gasteiger partial charge in [-0.1, -0.05) is 96.8 Å². The Morgan fingerprint density at radius 2 is 1.31 bits per heavy atom. The first-order valence-corrected chi connectivity index (χ1v) is 13.5. The van der Waals surface area contributed by atoms with Crippen molar-refractivity contribution in [2.75, 3.05) is 6.61 Å². The zero-order chi connectivity index (χ0) is 26.8. The van der Waals surface area contributed by atoms with E-state index in [2.05, 4.69) is 12.2 Å². The molecule has 1 unspecified atom stereocenters. The molecule has 0 aliphatic carbocycles. The number of carbonyl (C=O) groups excluding carboxylic acids is 2. The molecule has 0 aromatic heterocycles. The normalized spacial score (nSPS) is 12.4. The zero-order valence-electron chi connectivity index (χ0n) is 21.9. The van der Waals surface area contributed by atoms with Crippen LogP contribution in [0.15, 0.2) is 18.2 Å². The van der Waals surface area contributed by atoms with Gasteiger partial charge >= 0.3 is 12.1 Å². The first-order chi connectivity index (χ1) is 17.2. The average Bonchev–Trinajstić information content (AvgIpc) is 2.82. The number of nitrogens with one attached hydrogen (secondary N) is 1. The number of halogens is 4. The molecule has 8 heteroatoms. The molecule has 0 saturated carbocycles. The smallest absolute Gasteiger partial charge is 0.417 e. The molecule has 0 heterocycles. The SMILES string of the molecule is CCCCCCCCCCCCCCCCCOC(=O)C(C)NC(=O)c1cc(F)ccc1C(F)(F)F. The lowest BCUT2D eigenvalue weighted by atomic mass is 10.0. The Hall–Kier alpha value is -2.12. The summed E-state index contributed by atoms with van der Waals surface area (Å²) in [6, 6.07) is 0.489. The van der Waals surface area contributed by atoms with E-state index in [-0.39, 0.29) is 6.61 Å². The third-order valence-electron chi connectivity index (χ3n) is 6.23. The lowest BCUT2D eigenvalue weighted by Crippen LogP contribution is -2.40. The summed E-state index contributed by atoms with van der Waals surface area (Å²) >= 11 is 0. The Labute approximate surface area is 213 Å². The summed E-state index contributed by atoms with van der Waals surface area (Å²) in [5, 5.41) is 2.16. The van der Waals surface area contributed by atoms with Gasteiger partial charge in [-0.05, 0) is 31.5 Å². The van der Waals surface area contributed by atoms with Gasteiger partial charge in [0, 0.05) is 0 Å². The predicted molar refractivity (Wildman–Crippen MR) is 134 cm³/mol. The first kappa shape index (κ1) is 31.9. The molecular weight excluding hydrogens is 474 g/mol. The molecule has 1 atom stereocenters. The number of esters is 1. The van der Waals surface area contributed by atoms with Crippen molar-refractivity contribution >= 4 is 11.9 Å². The van der Waals surface area contributed by atoms with Crippen molar-refractivity contribution in [3.63, 3.8) is 0 Å². The Balaban J connectivity index is 2.11. The number of carbonyl (C=O) groups is 2. The highest BCUT2D eigenvalue weighted by molar-refractivity contribution is 5.98. The van der Waals surface area contributed by atoms with Crippen molar-refractivity contribution < 1.29 is 31.9 Å². The molecule has 36 heavy (non-hydrogen) atoms. The van der Waals surface area contributed by atoms with Gasteiger partial charge in [-0.3, -0.25) is 4.79 Å². The van der Waals surface area contributed by atoms with Crippen LogP contribution in [0.2, 0.25) is 0 Å². The summed E-state index contributed by atoms with van der Waals surface area (Å²) in [6.07, 6.45) is 13.5. The van der Waals surface area contributed by atoms with Crippen LogP contribution in [0.5, 0.6) is 0 Å². The minimum atomic E-state index is -4.82. The van der Waals surface area contributed by atoms with E-state index in [4.69, 9.17) is 4.74 Å². The van der Waals surface area contributed by atoms with Gasteiger partial charge in [-0.15, -0.1) is 0 Å². The van der Waals surface area contributed by atoms with Gasteiger partial charge in [0.2, 0.25) is 0 Å². The minimum absolute atomic E-state index is 0.186. The number of rotatable bonds is 19. The van der Waals surface area contributed by atoms with Gasteiger partial charge in [0.05, 0.1) is 17.7 Å². The van der Waals surface area contributed by atoms with E-state index < -0.39 is 41.0 Å². The molecule has 206 valence electrons. The van der Waals surface area contributed by atoms with Crippen LogP contribution < -0.4 is 5.32 Å². The maximum absolute atomic E-state index is 13.4. The number of hydrogen-bond donors (Lipinski definition) is 1. The van der Waals surface area contributed by atoms with Gasteiger partial charge < -0.3 is 10.1 Å². The standard InChI is InChI=1S/C28H43F4NO3/c1-3-4-5-6-7-8-9-10-11-12-13-14-15-16-17-20-36-27(35)22(2)33-26(34)24-21-23(29)18-19-25(24)28(30,31)32/h18-19,21-22H,3-17,20H2,1-2H3,(H,33,34). The molecular formula is C28H43F4NO3. The Morgan fingerprint density at radius 1 is 0.833 bits per heavy atom. The van der Waals surface area contributed by atoms with E-state index in [0.717, 1.165) is 19.3 Å². The maximum Gasteiger partial charge on any atom is 0.417 e. The van der Waals surface area contributed by atoms with Crippen LogP contribution in [-0.4, -0.2) is 24.5 Å². The number of hydrogen-bond acceptors (Lipinski definition) is 3. The van der Waals surface area contributed by atoms with E-state index in [1.807, 2.05) is 0 Å². The van der Waals surface area contributed by atoms with Crippen molar-refractivity contribution in [3.8, 4) is 0 Å². The average molecular weight is 518 g/mol. The van der Waals surface area contributed by atoms with Gasteiger partial charge in [0.1, 0.15) is 11.9 Å². The monoisotopic (exact) mass is 517 g/mol. The maximum atomic E-state index is 13.4. The fourth-order valence-corrected chi connectivity index (χ4v) is 4.06. The molecule has 1 aromatic carbocycles. The number of ether oxygens (including phenoxy) is 1. The molecule has 1 aromatic rings. The topological polar surface area (TPSA) is 55.4 Å². The van der Waals surface area contributed by atoms with E-state index >= 15 is 0 Å². The summed E-state index contributed by atoms with van der Waals surface area (Å²) in [5.41, 5.74) is -2.13. The lowest BCUT2D eigenvalue weighted by molar-refractivity contribution is -0.145. The Morgan fingerprint density at radius 3 is 1.78 bits per heavy atom. The van der Waals surface area contributed by atoms with Gasteiger partial charge in [-0.25, -0.2) is 9.18 Å². The molecule has 0 bridgehead atoms.